The molecule has 0 saturated carbocycles. The number of aldehydes is 1. The Morgan fingerprint density at radius 2 is 2.27 bits per heavy atom. The second-order valence-corrected chi connectivity index (χ2v) is 3.14. The van der Waals surface area contributed by atoms with E-state index in [1.54, 1.807) is 12.2 Å². The Bertz CT molecular complexity index is 327. The normalized spacial score (nSPS) is 26.1. The van der Waals surface area contributed by atoms with Crippen molar-refractivity contribution in [3.63, 3.8) is 0 Å². The van der Waals surface area contributed by atoms with Gasteiger partial charge in [-0.25, -0.2) is 0 Å². The van der Waals surface area contributed by atoms with Gasteiger partial charge in [0.15, 0.2) is 5.79 Å². The molecule has 1 atom stereocenters. The smallest absolute Gasteiger partial charge is 0.192 e. The highest BCUT2D eigenvalue weighted by atomic mass is 16.6. The van der Waals surface area contributed by atoms with E-state index in [4.69, 9.17) is 9.47 Å². The van der Waals surface area contributed by atoms with Gasteiger partial charge in [0.25, 0.3) is 0 Å². The minimum Gasteiger partial charge on any atom is -0.500 e. The number of allylic oxidation sites excluding steroid dienone is 4. The topological polar surface area (TPSA) is 55.8 Å². The summed E-state index contributed by atoms with van der Waals surface area (Å²) in [6, 6.07) is 0. The summed E-state index contributed by atoms with van der Waals surface area (Å²) in [5, 5.41) is 9.81. The van der Waals surface area contributed by atoms with Crippen LogP contribution >= 0.6 is 0 Å². The molecule has 0 heterocycles. The average molecular weight is 210 g/mol. The monoisotopic (exact) mass is 210 g/mol. The van der Waals surface area contributed by atoms with Gasteiger partial charge in [0, 0.05) is 12.7 Å². The number of carbonyl (C=O) groups excluding carboxylic acids is 1. The molecule has 82 valence electrons. The van der Waals surface area contributed by atoms with Gasteiger partial charge in [-0.1, -0.05) is 6.08 Å². The number of carbonyl (C=O) groups is 1. The van der Waals surface area contributed by atoms with Crippen molar-refractivity contribution in [1.29, 1.82) is 0 Å². The van der Waals surface area contributed by atoms with Gasteiger partial charge in [-0.05, 0) is 18.2 Å². The van der Waals surface area contributed by atoms with E-state index in [1.165, 1.54) is 26.4 Å². The molecule has 0 fully saturated rings. The predicted octanol–water partition coefficient (Wildman–Crippen LogP) is 0.937. The zero-order valence-corrected chi connectivity index (χ0v) is 8.77. The lowest BCUT2D eigenvalue weighted by Gasteiger charge is -2.27. The maximum absolute atomic E-state index is 10.2. The number of rotatable bonds is 4. The molecule has 0 amide bonds. The third-order valence-electron chi connectivity index (χ3n) is 2.21. The van der Waals surface area contributed by atoms with E-state index in [9.17, 15) is 9.90 Å². The summed E-state index contributed by atoms with van der Waals surface area (Å²) in [4.78, 5) is 10.2. The Hall–Kier alpha value is -1.39. The van der Waals surface area contributed by atoms with Crippen molar-refractivity contribution in [2.45, 2.75) is 12.2 Å². The van der Waals surface area contributed by atoms with Crippen molar-refractivity contribution in [3.05, 3.63) is 35.6 Å². The third-order valence-corrected chi connectivity index (χ3v) is 2.21. The fourth-order valence-electron chi connectivity index (χ4n) is 1.33. The van der Waals surface area contributed by atoms with E-state index >= 15 is 0 Å². The summed E-state index contributed by atoms with van der Waals surface area (Å²) >= 11 is 0. The Balaban J connectivity index is 2.92. The van der Waals surface area contributed by atoms with Gasteiger partial charge < -0.3 is 14.6 Å². The highest BCUT2D eigenvalue weighted by Crippen LogP contribution is 2.28. The average Bonchev–Trinajstić information content (AvgIpc) is 2.27. The van der Waals surface area contributed by atoms with E-state index < -0.39 is 5.79 Å². The van der Waals surface area contributed by atoms with Crippen molar-refractivity contribution >= 4 is 6.29 Å². The van der Waals surface area contributed by atoms with Gasteiger partial charge >= 0.3 is 0 Å². The zero-order valence-electron chi connectivity index (χ0n) is 8.77. The second-order valence-electron chi connectivity index (χ2n) is 3.14. The van der Waals surface area contributed by atoms with E-state index in [-0.39, 0.29) is 6.42 Å². The number of hydrogen-bond donors (Lipinski definition) is 1. The Morgan fingerprint density at radius 3 is 2.80 bits per heavy atom. The highest BCUT2D eigenvalue weighted by Gasteiger charge is 2.29. The van der Waals surface area contributed by atoms with Crippen molar-refractivity contribution in [2.24, 2.45) is 0 Å². The quantitative estimate of drug-likeness (QED) is 0.426. The molecule has 15 heavy (non-hydrogen) atoms. The van der Waals surface area contributed by atoms with Crippen LogP contribution in [-0.4, -0.2) is 31.4 Å². The number of methoxy groups -OCH3 is 2. The van der Waals surface area contributed by atoms with Crippen molar-refractivity contribution in [1.82, 2.24) is 0 Å². The third kappa shape index (κ3) is 2.78. The lowest BCUT2D eigenvalue weighted by Crippen LogP contribution is -2.31. The minimum atomic E-state index is -1.32. The van der Waals surface area contributed by atoms with Crippen LogP contribution in [0.3, 0.4) is 0 Å². The summed E-state index contributed by atoms with van der Waals surface area (Å²) in [6.45, 7) is 0. The van der Waals surface area contributed by atoms with Gasteiger partial charge in [-0.3, -0.25) is 4.79 Å². The van der Waals surface area contributed by atoms with Crippen molar-refractivity contribution < 1.29 is 19.4 Å². The molecule has 0 aromatic heterocycles. The van der Waals surface area contributed by atoms with Gasteiger partial charge in [0.05, 0.1) is 13.5 Å². The van der Waals surface area contributed by atoms with E-state index in [0.29, 0.717) is 12.0 Å². The van der Waals surface area contributed by atoms with Crippen LogP contribution < -0.4 is 0 Å². The first-order chi connectivity index (χ1) is 7.15. The Labute approximate surface area is 88.5 Å². The fourth-order valence-corrected chi connectivity index (χ4v) is 1.33. The molecular weight excluding hydrogens is 196 g/mol. The lowest BCUT2D eigenvalue weighted by molar-refractivity contribution is -0.150. The predicted molar refractivity (Wildman–Crippen MR) is 55.0 cm³/mol. The van der Waals surface area contributed by atoms with Crippen molar-refractivity contribution in [3.8, 4) is 0 Å². The summed E-state index contributed by atoms with van der Waals surface area (Å²) in [5.74, 6) is -0.732. The molecule has 0 aliphatic heterocycles. The number of aliphatic hydroxyl groups is 1. The second kappa shape index (κ2) is 4.91. The fraction of sp³-hybridized carbons (Fsp3) is 0.364. The maximum atomic E-state index is 10.2. The molecule has 0 aromatic rings. The summed E-state index contributed by atoms with van der Waals surface area (Å²) in [6.07, 6.45) is 7.10. The van der Waals surface area contributed by atoms with Gasteiger partial charge in [0.2, 0.25) is 0 Å². The lowest BCUT2D eigenvalue weighted by atomic mass is 9.99. The van der Waals surface area contributed by atoms with Gasteiger partial charge in [0.1, 0.15) is 12.0 Å². The van der Waals surface area contributed by atoms with Gasteiger partial charge in [-0.2, -0.15) is 0 Å². The largest absolute Gasteiger partial charge is 0.500 e. The molecule has 0 radical (unpaired) electrons. The van der Waals surface area contributed by atoms with Crippen LogP contribution in [-0.2, 0) is 14.3 Å². The zero-order chi connectivity index (χ0) is 11.3. The molecule has 4 heteroatoms. The van der Waals surface area contributed by atoms with E-state index in [2.05, 4.69) is 0 Å². The van der Waals surface area contributed by atoms with Crippen LogP contribution in [0.5, 0.6) is 0 Å². The maximum Gasteiger partial charge on any atom is 0.192 e. The van der Waals surface area contributed by atoms with Crippen LogP contribution in [0.25, 0.3) is 0 Å². The van der Waals surface area contributed by atoms with E-state index in [0.717, 1.165) is 5.57 Å². The summed E-state index contributed by atoms with van der Waals surface area (Å²) in [7, 11) is 2.93. The molecule has 1 N–H and O–H groups in total. The molecule has 4 nitrogen and oxygen atoms in total. The van der Waals surface area contributed by atoms with Crippen LogP contribution in [0.1, 0.15) is 6.42 Å². The molecule has 0 saturated heterocycles. The summed E-state index contributed by atoms with van der Waals surface area (Å²) in [5.41, 5.74) is 0.756. The van der Waals surface area contributed by atoms with E-state index in [1.807, 2.05) is 0 Å². The first-order valence-electron chi connectivity index (χ1n) is 4.51. The van der Waals surface area contributed by atoms with Gasteiger partial charge in [-0.15, -0.1) is 0 Å². The SMILES string of the molecule is COC1=C(C=CC=O)C=CC(O)(OC)C1. The first-order valence-corrected chi connectivity index (χ1v) is 4.51. The molecule has 1 rings (SSSR count). The Morgan fingerprint density at radius 1 is 1.53 bits per heavy atom. The van der Waals surface area contributed by atoms with Crippen LogP contribution in [0.2, 0.25) is 0 Å². The molecule has 1 unspecified atom stereocenters. The Kier molecular flexibility index (Phi) is 3.82. The molecule has 0 bridgehead atoms. The van der Waals surface area contributed by atoms with Crippen molar-refractivity contribution in [2.75, 3.05) is 14.2 Å². The van der Waals surface area contributed by atoms with Crippen LogP contribution in [0, 0.1) is 0 Å². The van der Waals surface area contributed by atoms with Crippen LogP contribution in [0.4, 0.5) is 0 Å². The molecular formula is C11H14O4. The highest BCUT2D eigenvalue weighted by molar-refractivity contribution is 5.66. The van der Waals surface area contributed by atoms with Crippen LogP contribution in [0.15, 0.2) is 35.6 Å². The number of ether oxygens (including phenoxy) is 2. The molecule has 1 aliphatic rings. The molecule has 0 spiro atoms. The first kappa shape index (κ1) is 11.7. The number of hydrogen-bond acceptors (Lipinski definition) is 4. The molecule has 1 aliphatic carbocycles. The summed E-state index contributed by atoms with van der Waals surface area (Å²) < 4.78 is 10.0. The molecule has 0 aromatic carbocycles. The minimum absolute atomic E-state index is 0.231. The standard InChI is InChI=1S/C11H14O4/c1-14-10-8-11(13,15-2)6-5-9(10)4-3-7-12/h3-7,13H,8H2,1-2H3.